The molecule has 11 nitrogen and oxygen atoms in total. The number of hydrogen-bond donors (Lipinski definition) is 5. The van der Waals surface area contributed by atoms with Crippen molar-refractivity contribution in [2.45, 2.75) is 65.9 Å². The van der Waals surface area contributed by atoms with E-state index < -0.39 is 17.5 Å². The zero-order valence-electron chi connectivity index (χ0n) is 27.2. The fourth-order valence-corrected chi connectivity index (χ4v) is 6.05. The summed E-state index contributed by atoms with van der Waals surface area (Å²) in [6.45, 7) is 13.7. The van der Waals surface area contributed by atoms with Gasteiger partial charge in [-0.1, -0.05) is 12.7 Å². The van der Waals surface area contributed by atoms with E-state index in [2.05, 4.69) is 17.4 Å². The molecule has 0 aromatic heterocycles. The molecule has 244 valence electrons. The van der Waals surface area contributed by atoms with E-state index in [0.29, 0.717) is 57.8 Å². The van der Waals surface area contributed by atoms with Crippen LogP contribution in [0, 0.1) is 0 Å². The van der Waals surface area contributed by atoms with Gasteiger partial charge < -0.3 is 20.6 Å². The van der Waals surface area contributed by atoms with Crippen LogP contribution in [0.5, 0.6) is 0 Å². The number of allylic oxidation sites excluding steroid dienone is 11. The summed E-state index contributed by atoms with van der Waals surface area (Å²) in [7, 11) is 0. The van der Waals surface area contributed by atoms with Gasteiger partial charge in [-0.2, -0.15) is 0 Å². The topological polar surface area (TPSA) is 165 Å². The van der Waals surface area contributed by atoms with E-state index in [9.17, 15) is 24.9 Å². The lowest BCUT2D eigenvalue weighted by Gasteiger charge is -2.21. The quantitative estimate of drug-likeness (QED) is 0.148. The molecular weight excluding hydrogens is 598 g/mol. The van der Waals surface area contributed by atoms with Gasteiger partial charge in [-0.15, -0.1) is 0 Å². The van der Waals surface area contributed by atoms with Gasteiger partial charge in [0.2, 0.25) is 0 Å². The molecule has 47 heavy (non-hydrogen) atoms. The highest BCUT2D eigenvalue weighted by molar-refractivity contribution is 6.18. The van der Waals surface area contributed by atoms with Crippen LogP contribution >= 0.6 is 0 Å². The highest BCUT2D eigenvalue weighted by Crippen LogP contribution is 2.40. The molecule has 5 aliphatic heterocycles. The summed E-state index contributed by atoms with van der Waals surface area (Å²) in [5, 5.41) is 34.3. The number of nitrogens with zero attached hydrogens (tertiary/aromatic N) is 3. The number of aliphatic hydroxyl groups is 1. The number of carbonyl (C=O) groups is 2. The third-order valence-electron chi connectivity index (χ3n) is 8.72. The third kappa shape index (κ3) is 6.58. The highest BCUT2D eigenvalue weighted by atomic mass is 16.6. The molecule has 5 rings (SSSR count). The number of aliphatic carboxylic acids is 2. The third-order valence-corrected chi connectivity index (χ3v) is 8.72. The van der Waals surface area contributed by atoms with Crippen molar-refractivity contribution in [2.24, 2.45) is 15.0 Å². The Balaban J connectivity index is 1.78. The second kappa shape index (κ2) is 13.3. The summed E-state index contributed by atoms with van der Waals surface area (Å²) >= 11 is 0. The van der Waals surface area contributed by atoms with Crippen LogP contribution in [0.25, 0.3) is 0 Å². The average molecular weight is 638 g/mol. The predicted octanol–water partition coefficient (Wildman–Crippen LogP) is 5.43. The first kappa shape index (κ1) is 33.2. The van der Waals surface area contributed by atoms with Gasteiger partial charge >= 0.3 is 11.9 Å². The molecule has 0 saturated carbocycles. The van der Waals surface area contributed by atoms with E-state index in [-0.39, 0.29) is 25.7 Å². The van der Waals surface area contributed by atoms with Crippen molar-refractivity contribution < 1.29 is 29.7 Å². The summed E-state index contributed by atoms with van der Waals surface area (Å²) in [5.41, 5.74) is 11.4. The lowest BCUT2D eigenvalue weighted by atomic mass is 9.92. The van der Waals surface area contributed by atoms with Crippen LogP contribution < -0.4 is 10.8 Å². The van der Waals surface area contributed by atoms with E-state index in [1.165, 1.54) is 0 Å². The first-order valence-corrected chi connectivity index (χ1v) is 15.5. The van der Waals surface area contributed by atoms with Gasteiger partial charge in [0.15, 0.2) is 0 Å². The first-order chi connectivity index (χ1) is 22.3. The second-order valence-electron chi connectivity index (χ2n) is 11.8. The van der Waals surface area contributed by atoms with Crippen LogP contribution in [0.15, 0.2) is 132 Å². The average Bonchev–Trinajstić information content (AvgIpc) is 3.64. The van der Waals surface area contributed by atoms with E-state index in [1.807, 2.05) is 45.9 Å². The van der Waals surface area contributed by atoms with Crippen LogP contribution in [0.4, 0.5) is 0 Å². The minimum Gasteiger partial charge on any atom is -0.481 e. The largest absolute Gasteiger partial charge is 0.481 e. The number of hydrogen-bond acceptors (Lipinski definition) is 9. The second-order valence-corrected chi connectivity index (χ2v) is 11.8. The van der Waals surface area contributed by atoms with Gasteiger partial charge in [0.25, 0.3) is 0 Å². The van der Waals surface area contributed by atoms with Crippen molar-refractivity contribution in [3.63, 3.8) is 0 Å². The molecule has 0 radical (unpaired) electrons. The normalized spacial score (nSPS) is 22.2. The van der Waals surface area contributed by atoms with Gasteiger partial charge in [-0.3, -0.25) is 19.9 Å². The fourth-order valence-electron chi connectivity index (χ4n) is 6.05. The number of carboxylic acids is 2. The van der Waals surface area contributed by atoms with E-state index >= 15 is 0 Å². The summed E-state index contributed by atoms with van der Waals surface area (Å²) in [5.74, 6) is -1.85. The smallest absolute Gasteiger partial charge is 0.303 e. The maximum Gasteiger partial charge on any atom is 0.303 e. The number of nitrogens with one attached hydrogen (secondary N) is 2. The number of fused-ring (bicyclic) bond motifs is 5. The molecule has 11 heteroatoms. The standard InChI is InChI=1S/C36H39N5O6/c1-7-22-19(3)26-15-27-20(4)23(9-11-34(42)43)29(38-27)17-30-24(10-12-35(44)45)21(5)28(39-30)16-32-25(13-14-37-47-8-2)36(6,46)33(41-32)18-31(22)40-26/h7,13-18,37,41,46H,1,8-12H2,2-6H3,(H,42,43)(H,44,45). The van der Waals surface area contributed by atoms with Gasteiger partial charge in [-0.05, 0) is 106 Å². The number of carboxylic acid groups (broad SMARTS) is 2. The Morgan fingerprint density at radius 1 is 0.894 bits per heavy atom. The van der Waals surface area contributed by atoms with E-state index in [4.69, 9.17) is 19.8 Å². The molecule has 1 unspecified atom stereocenters. The molecule has 0 fully saturated rings. The molecule has 5 heterocycles. The van der Waals surface area contributed by atoms with Crippen molar-refractivity contribution >= 4 is 29.1 Å². The zero-order valence-corrected chi connectivity index (χ0v) is 27.2. The minimum absolute atomic E-state index is 0.0780. The van der Waals surface area contributed by atoms with Crippen molar-refractivity contribution in [1.82, 2.24) is 10.8 Å². The summed E-state index contributed by atoms with van der Waals surface area (Å²) < 4.78 is 0. The lowest BCUT2D eigenvalue weighted by Crippen LogP contribution is -2.29. The first-order valence-electron chi connectivity index (χ1n) is 15.5. The molecule has 1 atom stereocenters. The maximum atomic E-state index is 11.9. The molecule has 0 amide bonds. The van der Waals surface area contributed by atoms with Crippen LogP contribution in [0.1, 0.15) is 60.3 Å². The summed E-state index contributed by atoms with van der Waals surface area (Å²) in [6.07, 6.45) is 12.7. The molecular formula is C36H39N5O6. The van der Waals surface area contributed by atoms with Crippen molar-refractivity contribution in [3.8, 4) is 0 Å². The summed E-state index contributed by atoms with van der Waals surface area (Å²) in [6, 6.07) is 0. The molecule has 5 aliphatic rings. The Kier molecular flexibility index (Phi) is 9.41. The fraction of sp³-hybridized carbons (Fsp3) is 0.306. The van der Waals surface area contributed by atoms with Crippen LogP contribution in [-0.2, 0) is 14.4 Å². The number of hydroxylamine groups is 1. The van der Waals surface area contributed by atoms with Gasteiger partial charge in [0, 0.05) is 35.9 Å². The Morgan fingerprint density at radius 2 is 1.51 bits per heavy atom. The SMILES string of the molecule is C=CC1=C(C)C2=CC3=NC(=CC4=NC(=CC5=C(C=CNOCC)C(C)(O)C(=CC1=N2)N5)C(C)=C4CCC(=O)O)C(CCC(=O)O)=C3C. The van der Waals surface area contributed by atoms with Crippen LogP contribution in [0.3, 0.4) is 0 Å². The molecule has 0 aromatic rings. The Morgan fingerprint density at radius 3 is 2.17 bits per heavy atom. The zero-order chi connectivity index (χ0) is 34.0. The van der Waals surface area contributed by atoms with Gasteiger partial charge in [-0.25, -0.2) is 15.0 Å². The van der Waals surface area contributed by atoms with Crippen molar-refractivity contribution in [2.75, 3.05) is 6.61 Å². The van der Waals surface area contributed by atoms with E-state index in [1.54, 1.807) is 31.4 Å². The molecule has 8 bridgehead atoms. The molecule has 0 aliphatic carbocycles. The maximum absolute atomic E-state index is 11.9. The molecule has 0 saturated heterocycles. The Labute approximate surface area is 273 Å². The number of aliphatic imine (C=N–C) groups is 3. The molecule has 0 spiro atoms. The Hall–Kier alpha value is -5.13. The van der Waals surface area contributed by atoms with E-state index in [0.717, 1.165) is 33.4 Å². The number of rotatable bonds is 11. The highest BCUT2D eigenvalue weighted by Gasteiger charge is 2.39. The Bertz CT molecular complexity index is 1850. The van der Waals surface area contributed by atoms with Gasteiger partial charge in [0.1, 0.15) is 5.60 Å². The monoisotopic (exact) mass is 637 g/mol. The van der Waals surface area contributed by atoms with Crippen LogP contribution in [0.2, 0.25) is 0 Å². The predicted molar refractivity (Wildman–Crippen MR) is 181 cm³/mol. The molecule has 5 N–H and O–H groups in total. The lowest BCUT2D eigenvalue weighted by molar-refractivity contribution is -0.137. The summed E-state index contributed by atoms with van der Waals surface area (Å²) in [4.78, 5) is 43.3. The van der Waals surface area contributed by atoms with Gasteiger partial charge in [0.05, 0.1) is 46.5 Å². The van der Waals surface area contributed by atoms with Crippen LogP contribution in [-0.4, -0.2) is 56.6 Å². The minimum atomic E-state index is -1.46. The van der Waals surface area contributed by atoms with Crippen molar-refractivity contribution in [1.29, 1.82) is 0 Å². The molecule has 0 aromatic carbocycles. The van der Waals surface area contributed by atoms with Crippen molar-refractivity contribution in [3.05, 3.63) is 117 Å².